The Kier molecular flexibility index (Phi) is 5.05. The van der Waals surface area contributed by atoms with Crippen LogP contribution in [0.25, 0.3) is 22.0 Å². The lowest BCUT2D eigenvalue weighted by atomic mass is 10.0. The van der Waals surface area contributed by atoms with E-state index < -0.39 is 0 Å². The molecule has 28 heavy (non-hydrogen) atoms. The van der Waals surface area contributed by atoms with Gasteiger partial charge in [0.15, 0.2) is 11.5 Å². The van der Waals surface area contributed by atoms with Crippen molar-refractivity contribution in [3.8, 4) is 22.8 Å². The number of hydrogen-bond donors (Lipinski definition) is 0. The molecule has 1 fully saturated rings. The average Bonchev–Trinajstić information content (AvgIpc) is 2.71. The molecular weight excluding hydrogens is 354 g/mol. The Bertz CT molecular complexity index is 965. The minimum Gasteiger partial charge on any atom is -0.493 e. The van der Waals surface area contributed by atoms with E-state index in [1.54, 1.807) is 14.2 Å². The van der Waals surface area contributed by atoms with E-state index in [0.717, 1.165) is 40.9 Å². The fraction of sp³-hybridized carbons (Fsp3) is 0.364. The van der Waals surface area contributed by atoms with Gasteiger partial charge < -0.3 is 19.1 Å². The Labute approximate surface area is 165 Å². The van der Waals surface area contributed by atoms with Crippen LogP contribution in [0.2, 0.25) is 0 Å². The Hall–Kier alpha value is -2.86. The summed E-state index contributed by atoms with van der Waals surface area (Å²) in [4.78, 5) is 11.6. The molecule has 0 N–H and O–H groups in total. The molecule has 1 aliphatic heterocycles. The van der Waals surface area contributed by atoms with Gasteiger partial charge in [-0.3, -0.25) is 4.98 Å². The Morgan fingerprint density at radius 2 is 1.68 bits per heavy atom. The van der Waals surface area contributed by atoms with Crippen LogP contribution in [0.1, 0.15) is 13.8 Å². The van der Waals surface area contributed by atoms with E-state index in [1.165, 1.54) is 0 Å². The van der Waals surface area contributed by atoms with Crippen molar-refractivity contribution in [2.24, 2.45) is 0 Å². The normalized spacial score (nSPS) is 19.6. The lowest BCUT2D eigenvalue weighted by molar-refractivity contribution is -0.00545. The maximum absolute atomic E-state index is 5.82. The largest absolute Gasteiger partial charge is 0.493 e. The van der Waals surface area contributed by atoms with Gasteiger partial charge in [0.05, 0.1) is 32.1 Å². The van der Waals surface area contributed by atoms with Crippen LogP contribution < -0.4 is 14.4 Å². The van der Waals surface area contributed by atoms with Crippen molar-refractivity contribution in [2.75, 3.05) is 32.2 Å². The van der Waals surface area contributed by atoms with Crippen LogP contribution in [-0.2, 0) is 4.74 Å². The zero-order chi connectivity index (χ0) is 19.7. The third kappa shape index (κ3) is 3.47. The fourth-order valence-electron chi connectivity index (χ4n) is 3.81. The van der Waals surface area contributed by atoms with Crippen LogP contribution in [0, 0.1) is 0 Å². The molecule has 0 radical (unpaired) electrons. The van der Waals surface area contributed by atoms with E-state index in [1.807, 2.05) is 30.6 Å². The van der Waals surface area contributed by atoms with Gasteiger partial charge in [-0.2, -0.15) is 0 Å². The summed E-state index contributed by atoms with van der Waals surface area (Å²) >= 11 is 0. The first-order chi connectivity index (χ1) is 13.6. The summed E-state index contributed by atoms with van der Waals surface area (Å²) in [6, 6.07) is 10.0. The van der Waals surface area contributed by atoms with E-state index in [-0.39, 0.29) is 12.2 Å². The summed E-state index contributed by atoms with van der Waals surface area (Å²) in [5, 5.41) is 2.05. The topological polar surface area (TPSA) is 56.7 Å². The van der Waals surface area contributed by atoms with E-state index >= 15 is 0 Å². The molecule has 3 aromatic rings. The highest BCUT2D eigenvalue weighted by Crippen LogP contribution is 2.36. The minimum atomic E-state index is 0.201. The number of fused-ring (bicyclic) bond motifs is 1. The molecule has 4 rings (SSSR count). The molecule has 2 atom stereocenters. The number of methoxy groups -OCH3 is 2. The lowest BCUT2D eigenvalue weighted by Gasteiger charge is -2.36. The van der Waals surface area contributed by atoms with Crippen molar-refractivity contribution in [1.29, 1.82) is 0 Å². The summed E-state index contributed by atoms with van der Waals surface area (Å²) in [6.45, 7) is 5.89. The molecule has 1 aromatic carbocycles. The van der Waals surface area contributed by atoms with E-state index in [0.29, 0.717) is 11.5 Å². The average molecular weight is 379 g/mol. The van der Waals surface area contributed by atoms with Crippen LogP contribution in [0.4, 0.5) is 5.82 Å². The van der Waals surface area contributed by atoms with Gasteiger partial charge in [-0.1, -0.05) is 0 Å². The molecule has 6 nitrogen and oxygen atoms in total. The van der Waals surface area contributed by atoms with Gasteiger partial charge in [0.2, 0.25) is 0 Å². The summed E-state index contributed by atoms with van der Waals surface area (Å²) in [5.41, 5.74) is 1.84. The molecular formula is C22H25N3O3. The molecule has 0 unspecified atom stereocenters. The van der Waals surface area contributed by atoms with Crippen LogP contribution in [0.15, 0.2) is 42.7 Å². The first-order valence-corrected chi connectivity index (χ1v) is 9.46. The highest BCUT2D eigenvalue weighted by Gasteiger charge is 2.23. The minimum absolute atomic E-state index is 0.201. The Morgan fingerprint density at radius 3 is 2.32 bits per heavy atom. The van der Waals surface area contributed by atoms with Crippen molar-refractivity contribution >= 4 is 16.6 Å². The quantitative estimate of drug-likeness (QED) is 0.685. The molecule has 6 heteroatoms. The molecule has 0 saturated carbocycles. The van der Waals surface area contributed by atoms with Crippen molar-refractivity contribution in [3.05, 3.63) is 42.7 Å². The highest BCUT2D eigenvalue weighted by molar-refractivity contribution is 5.96. The van der Waals surface area contributed by atoms with Gasteiger partial charge in [-0.15, -0.1) is 0 Å². The lowest BCUT2D eigenvalue weighted by Crippen LogP contribution is -2.45. The molecule has 146 valence electrons. The molecule has 0 bridgehead atoms. The van der Waals surface area contributed by atoms with E-state index in [4.69, 9.17) is 19.2 Å². The van der Waals surface area contributed by atoms with Crippen LogP contribution in [-0.4, -0.2) is 49.5 Å². The summed E-state index contributed by atoms with van der Waals surface area (Å²) < 4.78 is 16.7. The van der Waals surface area contributed by atoms with Crippen LogP contribution in [0.3, 0.4) is 0 Å². The second-order valence-electron chi connectivity index (χ2n) is 7.16. The van der Waals surface area contributed by atoms with Gasteiger partial charge in [0.25, 0.3) is 0 Å². The van der Waals surface area contributed by atoms with Gasteiger partial charge in [0.1, 0.15) is 5.82 Å². The second kappa shape index (κ2) is 7.64. The zero-order valence-electron chi connectivity index (χ0n) is 16.7. The first kappa shape index (κ1) is 18.5. The van der Waals surface area contributed by atoms with Gasteiger partial charge >= 0.3 is 0 Å². The number of nitrogens with zero attached hydrogens (tertiary/aromatic N) is 3. The highest BCUT2D eigenvalue weighted by atomic mass is 16.5. The number of aromatic nitrogens is 2. The predicted molar refractivity (Wildman–Crippen MR) is 110 cm³/mol. The predicted octanol–water partition coefficient (Wildman–Crippen LogP) is 3.93. The number of morpholine rings is 1. The number of benzene rings is 1. The summed E-state index contributed by atoms with van der Waals surface area (Å²) in [6.07, 6.45) is 4.10. The monoisotopic (exact) mass is 379 g/mol. The maximum atomic E-state index is 5.82. The van der Waals surface area contributed by atoms with Gasteiger partial charge in [0, 0.05) is 36.4 Å². The maximum Gasteiger partial charge on any atom is 0.161 e. The number of hydrogen-bond acceptors (Lipinski definition) is 6. The molecule has 1 saturated heterocycles. The number of pyridine rings is 2. The zero-order valence-corrected chi connectivity index (χ0v) is 16.7. The number of anilines is 1. The molecule has 0 amide bonds. The van der Waals surface area contributed by atoms with Crippen LogP contribution in [0.5, 0.6) is 11.5 Å². The summed E-state index contributed by atoms with van der Waals surface area (Å²) in [5.74, 6) is 2.35. The first-order valence-electron chi connectivity index (χ1n) is 9.46. The smallest absolute Gasteiger partial charge is 0.161 e. The third-order valence-corrected chi connectivity index (χ3v) is 5.03. The van der Waals surface area contributed by atoms with Crippen molar-refractivity contribution < 1.29 is 14.2 Å². The standard InChI is InChI=1S/C22H25N3O3/c1-14-12-25(13-15(2)28-14)21-6-5-17(11-24-21)22-18-10-20(27-4)19(26-3)9-16(18)7-8-23-22/h5-11,14-15H,12-13H2,1-4H3/t14-,15+. The van der Waals surface area contributed by atoms with Crippen molar-refractivity contribution in [3.63, 3.8) is 0 Å². The van der Waals surface area contributed by atoms with Crippen molar-refractivity contribution in [1.82, 2.24) is 9.97 Å². The second-order valence-corrected chi connectivity index (χ2v) is 7.16. The van der Waals surface area contributed by atoms with E-state index in [2.05, 4.69) is 35.9 Å². The summed E-state index contributed by atoms with van der Waals surface area (Å²) in [7, 11) is 3.28. The molecule has 0 aliphatic carbocycles. The number of ether oxygens (including phenoxy) is 3. The molecule has 2 aromatic heterocycles. The fourth-order valence-corrected chi connectivity index (χ4v) is 3.81. The SMILES string of the molecule is COc1cc2ccnc(-c3ccc(N4C[C@@H](C)O[C@@H](C)C4)nc3)c2cc1OC. The Morgan fingerprint density at radius 1 is 0.964 bits per heavy atom. The third-order valence-electron chi connectivity index (χ3n) is 5.03. The van der Waals surface area contributed by atoms with Gasteiger partial charge in [-0.25, -0.2) is 4.98 Å². The molecule has 3 heterocycles. The number of rotatable bonds is 4. The molecule has 1 aliphatic rings. The van der Waals surface area contributed by atoms with Gasteiger partial charge in [-0.05, 0) is 49.6 Å². The molecule has 0 spiro atoms. The Balaban J connectivity index is 1.70. The van der Waals surface area contributed by atoms with E-state index in [9.17, 15) is 0 Å². The van der Waals surface area contributed by atoms with Crippen LogP contribution >= 0.6 is 0 Å². The van der Waals surface area contributed by atoms with Crippen molar-refractivity contribution in [2.45, 2.75) is 26.1 Å².